The molecule has 0 aliphatic heterocycles. The summed E-state index contributed by atoms with van der Waals surface area (Å²) in [6.07, 6.45) is -0.303. The second-order valence-corrected chi connectivity index (χ2v) is 4.15. The van der Waals surface area contributed by atoms with E-state index < -0.39 is 5.97 Å². The predicted molar refractivity (Wildman–Crippen MR) is 67.7 cm³/mol. The van der Waals surface area contributed by atoms with Gasteiger partial charge in [0.05, 0.1) is 12.6 Å². The summed E-state index contributed by atoms with van der Waals surface area (Å²) in [6, 6.07) is 8.51. The minimum absolute atomic E-state index is 0.246. The summed E-state index contributed by atoms with van der Waals surface area (Å²) >= 11 is 5.85. The zero-order valence-corrected chi connectivity index (χ0v) is 10.4. The van der Waals surface area contributed by atoms with Crippen molar-refractivity contribution in [1.82, 2.24) is 4.98 Å². The van der Waals surface area contributed by atoms with Crippen LogP contribution >= 0.6 is 11.6 Å². The van der Waals surface area contributed by atoms with Crippen LogP contribution in [0.1, 0.15) is 16.9 Å². The molecule has 1 aromatic heterocycles. The highest BCUT2D eigenvalue weighted by atomic mass is 35.5. The number of ether oxygens (including phenoxy) is 1. The normalized spacial score (nSPS) is 10.3. The van der Waals surface area contributed by atoms with Crippen LogP contribution in [-0.2, 0) is 9.53 Å². The number of fused-ring (bicyclic) bond motifs is 1. The molecule has 0 bridgehead atoms. The molecular weight excluding hydrogens is 254 g/mol. The van der Waals surface area contributed by atoms with E-state index in [1.807, 2.05) is 0 Å². The number of aromatic nitrogens is 1. The van der Waals surface area contributed by atoms with Crippen molar-refractivity contribution in [3.05, 3.63) is 41.0 Å². The summed E-state index contributed by atoms with van der Waals surface area (Å²) in [4.78, 5) is 26.9. The molecule has 0 unspecified atom stereocenters. The van der Waals surface area contributed by atoms with Gasteiger partial charge in [-0.3, -0.25) is 9.59 Å². The first-order valence-corrected chi connectivity index (χ1v) is 5.64. The van der Waals surface area contributed by atoms with Crippen molar-refractivity contribution in [2.75, 3.05) is 7.11 Å². The number of hydrogen-bond acceptors (Lipinski definition) is 4. The summed E-state index contributed by atoms with van der Waals surface area (Å²) in [6.45, 7) is 0. The molecule has 0 N–H and O–H groups in total. The van der Waals surface area contributed by atoms with E-state index in [9.17, 15) is 9.59 Å². The molecule has 1 aromatic carbocycles. The van der Waals surface area contributed by atoms with Crippen molar-refractivity contribution in [3.8, 4) is 0 Å². The van der Waals surface area contributed by atoms with E-state index in [0.29, 0.717) is 10.5 Å². The highest BCUT2D eigenvalue weighted by Gasteiger charge is 2.13. The van der Waals surface area contributed by atoms with Crippen molar-refractivity contribution in [1.29, 1.82) is 0 Å². The molecule has 2 rings (SSSR count). The average molecular weight is 264 g/mol. The fourth-order valence-corrected chi connectivity index (χ4v) is 1.73. The Labute approximate surface area is 109 Å². The first kappa shape index (κ1) is 12.5. The Balaban J connectivity index is 2.32. The molecule has 1 heterocycles. The Morgan fingerprint density at radius 2 is 2.06 bits per heavy atom. The Bertz CT molecular complexity index is 625. The highest BCUT2D eigenvalue weighted by Crippen LogP contribution is 2.18. The van der Waals surface area contributed by atoms with Gasteiger partial charge in [-0.15, -0.1) is 0 Å². The van der Waals surface area contributed by atoms with Gasteiger partial charge in [0.15, 0.2) is 5.78 Å². The molecule has 0 radical (unpaired) electrons. The molecule has 4 nitrogen and oxygen atoms in total. The van der Waals surface area contributed by atoms with E-state index in [4.69, 9.17) is 11.6 Å². The number of methoxy groups -OCH3 is 1. The lowest BCUT2D eigenvalue weighted by Crippen LogP contribution is -2.10. The topological polar surface area (TPSA) is 56.3 Å². The van der Waals surface area contributed by atoms with Crippen LogP contribution in [0.3, 0.4) is 0 Å². The van der Waals surface area contributed by atoms with Gasteiger partial charge in [0, 0.05) is 10.4 Å². The van der Waals surface area contributed by atoms with Gasteiger partial charge in [-0.05, 0) is 24.3 Å². The molecule has 92 valence electrons. The number of rotatable bonds is 3. The summed E-state index contributed by atoms with van der Waals surface area (Å²) in [5, 5.41) is 1.45. The van der Waals surface area contributed by atoms with Crippen LogP contribution in [0.2, 0.25) is 5.02 Å². The molecule has 0 aliphatic carbocycles. The number of esters is 1. The van der Waals surface area contributed by atoms with Gasteiger partial charge >= 0.3 is 5.97 Å². The summed E-state index contributed by atoms with van der Waals surface area (Å²) in [5.74, 6) is -0.934. The lowest BCUT2D eigenvalue weighted by molar-refractivity contribution is -0.139. The first-order chi connectivity index (χ1) is 8.60. The van der Waals surface area contributed by atoms with E-state index in [1.54, 1.807) is 30.3 Å². The SMILES string of the molecule is COC(=O)CC(=O)c1ccc2cc(Cl)ccc2n1. The first-order valence-electron chi connectivity index (χ1n) is 5.26. The molecular formula is C13H10ClNO3. The number of benzene rings is 1. The Kier molecular flexibility index (Phi) is 3.58. The van der Waals surface area contributed by atoms with Gasteiger partial charge in [-0.1, -0.05) is 17.7 Å². The van der Waals surface area contributed by atoms with E-state index in [2.05, 4.69) is 9.72 Å². The maximum atomic E-state index is 11.7. The van der Waals surface area contributed by atoms with Crippen LogP contribution < -0.4 is 0 Å². The molecule has 0 saturated heterocycles. The number of ketones is 1. The zero-order chi connectivity index (χ0) is 13.1. The summed E-state index contributed by atoms with van der Waals surface area (Å²) in [7, 11) is 1.24. The van der Waals surface area contributed by atoms with E-state index in [0.717, 1.165) is 5.39 Å². The highest BCUT2D eigenvalue weighted by molar-refractivity contribution is 6.31. The van der Waals surface area contributed by atoms with Gasteiger partial charge in [0.25, 0.3) is 0 Å². The summed E-state index contributed by atoms with van der Waals surface area (Å²) < 4.78 is 4.44. The van der Waals surface area contributed by atoms with Gasteiger partial charge in [0.1, 0.15) is 12.1 Å². The smallest absolute Gasteiger partial charge is 0.313 e. The number of nitrogens with zero attached hydrogens (tertiary/aromatic N) is 1. The molecule has 0 amide bonds. The average Bonchev–Trinajstić information content (AvgIpc) is 2.37. The monoisotopic (exact) mass is 263 g/mol. The van der Waals surface area contributed by atoms with Gasteiger partial charge < -0.3 is 4.74 Å². The minimum Gasteiger partial charge on any atom is -0.469 e. The van der Waals surface area contributed by atoms with Crippen LogP contribution in [0.4, 0.5) is 0 Å². The van der Waals surface area contributed by atoms with Crippen molar-refractivity contribution in [2.45, 2.75) is 6.42 Å². The van der Waals surface area contributed by atoms with Gasteiger partial charge in [-0.2, -0.15) is 0 Å². The fourth-order valence-electron chi connectivity index (χ4n) is 1.55. The lowest BCUT2D eigenvalue weighted by Gasteiger charge is -2.02. The third kappa shape index (κ3) is 2.65. The number of carbonyl (C=O) groups excluding carboxylic acids is 2. The van der Waals surface area contributed by atoms with E-state index >= 15 is 0 Å². The molecule has 2 aromatic rings. The molecule has 0 fully saturated rings. The van der Waals surface area contributed by atoms with Crippen LogP contribution in [0, 0.1) is 0 Å². The third-order valence-corrected chi connectivity index (χ3v) is 2.70. The number of halogens is 1. The third-order valence-electron chi connectivity index (χ3n) is 2.47. The minimum atomic E-state index is -0.571. The van der Waals surface area contributed by atoms with E-state index in [1.165, 1.54) is 7.11 Å². The number of Topliss-reactive ketones (excluding diaryl/α,β-unsaturated/α-hetero) is 1. The standard InChI is InChI=1S/C13H10ClNO3/c1-18-13(17)7-12(16)11-4-2-8-6-9(14)3-5-10(8)15-11/h2-6H,7H2,1H3. The van der Waals surface area contributed by atoms with Crippen LogP contribution in [0.5, 0.6) is 0 Å². The van der Waals surface area contributed by atoms with Crippen LogP contribution in [0.25, 0.3) is 10.9 Å². The molecule has 0 spiro atoms. The largest absolute Gasteiger partial charge is 0.469 e. The van der Waals surface area contributed by atoms with Crippen molar-refractivity contribution in [2.24, 2.45) is 0 Å². The molecule has 0 atom stereocenters. The number of hydrogen-bond donors (Lipinski definition) is 0. The Morgan fingerprint density at radius 1 is 1.28 bits per heavy atom. The molecule has 0 saturated carbocycles. The Morgan fingerprint density at radius 3 is 2.78 bits per heavy atom. The zero-order valence-electron chi connectivity index (χ0n) is 9.64. The van der Waals surface area contributed by atoms with Crippen molar-refractivity contribution in [3.63, 3.8) is 0 Å². The predicted octanol–water partition coefficient (Wildman–Crippen LogP) is 2.63. The fraction of sp³-hybridized carbons (Fsp3) is 0.154. The van der Waals surface area contributed by atoms with Crippen molar-refractivity contribution < 1.29 is 14.3 Å². The Hall–Kier alpha value is -1.94. The second-order valence-electron chi connectivity index (χ2n) is 3.71. The molecule has 18 heavy (non-hydrogen) atoms. The van der Waals surface area contributed by atoms with Gasteiger partial charge in [-0.25, -0.2) is 4.98 Å². The maximum Gasteiger partial charge on any atom is 0.313 e. The lowest BCUT2D eigenvalue weighted by atomic mass is 10.1. The van der Waals surface area contributed by atoms with Crippen LogP contribution in [0.15, 0.2) is 30.3 Å². The maximum absolute atomic E-state index is 11.7. The van der Waals surface area contributed by atoms with Crippen LogP contribution in [-0.4, -0.2) is 23.8 Å². The summed E-state index contributed by atoms with van der Waals surface area (Å²) in [5.41, 5.74) is 0.908. The van der Waals surface area contributed by atoms with E-state index in [-0.39, 0.29) is 17.9 Å². The van der Waals surface area contributed by atoms with Gasteiger partial charge in [0.2, 0.25) is 0 Å². The quantitative estimate of drug-likeness (QED) is 0.485. The van der Waals surface area contributed by atoms with Crippen molar-refractivity contribution >= 4 is 34.3 Å². The number of pyridine rings is 1. The second kappa shape index (κ2) is 5.14. The molecule has 0 aliphatic rings. The molecule has 5 heteroatoms. The number of carbonyl (C=O) groups is 2.